The maximum atomic E-state index is 11.5. The van der Waals surface area contributed by atoms with Crippen molar-refractivity contribution < 1.29 is 19.6 Å². The molecule has 0 aromatic heterocycles. The van der Waals surface area contributed by atoms with Gasteiger partial charge in [-0.25, -0.2) is 4.67 Å². The average Bonchev–Trinajstić information content (AvgIpc) is 2.10. The summed E-state index contributed by atoms with van der Waals surface area (Å²) in [6.07, 6.45) is -1.09. The van der Waals surface area contributed by atoms with Crippen molar-refractivity contribution in [2.45, 2.75) is 52.3 Å². The lowest BCUT2D eigenvalue weighted by Gasteiger charge is -2.44. The van der Waals surface area contributed by atoms with E-state index in [1.54, 1.807) is 27.7 Å². The quantitative estimate of drug-likeness (QED) is 0.694. The Kier molecular flexibility index (Phi) is 5.66. The zero-order valence-corrected chi connectivity index (χ0v) is 11.6. The van der Waals surface area contributed by atoms with Gasteiger partial charge in [0.05, 0.1) is 6.10 Å². The largest absolute Gasteiger partial charge is 0.480 e. The molecule has 0 aromatic carbocycles. The van der Waals surface area contributed by atoms with E-state index in [1.807, 2.05) is 0 Å². The number of aliphatic carboxylic acids is 1. The molecule has 3 unspecified atom stereocenters. The third-order valence-electron chi connectivity index (χ3n) is 2.96. The number of carbonyl (C=O) groups is 1. The van der Waals surface area contributed by atoms with Crippen LogP contribution < -0.4 is 0 Å². The molecule has 0 amide bonds. The molecule has 0 spiro atoms. The third kappa shape index (κ3) is 2.47. The van der Waals surface area contributed by atoms with Gasteiger partial charge in [-0.05, 0) is 26.7 Å². The number of aliphatic hydroxyl groups excluding tert-OH is 1. The molecular formula is C10H22NO4P. The minimum Gasteiger partial charge on any atom is -0.480 e. The van der Waals surface area contributed by atoms with E-state index in [0.717, 1.165) is 0 Å². The second-order valence-corrected chi connectivity index (χ2v) is 5.33. The van der Waals surface area contributed by atoms with Gasteiger partial charge in [-0.2, -0.15) is 0 Å². The van der Waals surface area contributed by atoms with E-state index in [4.69, 9.17) is 0 Å². The fraction of sp³-hybridized carbons (Fsp3) is 0.900. The summed E-state index contributed by atoms with van der Waals surface area (Å²) in [5.74, 6) is -1.47. The molecule has 0 aliphatic rings. The summed E-state index contributed by atoms with van der Waals surface area (Å²) in [5.41, 5.74) is -1.48. The molecule has 0 saturated heterocycles. The Morgan fingerprint density at radius 1 is 1.25 bits per heavy atom. The van der Waals surface area contributed by atoms with Crippen molar-refractivity contribution >= 4 is 14.6 Å². The maximum absolute atomic E-state index is 11.5. The number of hydrogen-bond donors (Lipinski definition) is 2. The van der Waals surface area contributed by atoms with Gasteiger partial charge < -0.3 is 14.8 Å². The van der Waals surface area contributed by atoms with Crippen LogP contribution in [-0.2, 0) is 9.36 Å². The predicted octanol–water partition coefficient (Wildman–Crippen LogP) is 1.23. The molecule has 0 aliphatic heterocycles. The first-order valence-corrected chi connectivity index (χ1v) is 6.36. The second kappa shape index (κ2) is 5.80. The summed E-state index contributed by atoms with van der Waals surface area (Å²) >= 11 is 0. The standard InChI is InChI=1S/C10H22NO4P/c1-6(2)10(8(5)12,9(13)14)11(16-15)7(3)4/h6-8,12H,16H2,1-5H3,(H,13,14). The summed E-state index contributed by atoms with van der Waals surface area (Å²) in [7, 11) is -1.40. The molecule has 16 heavy (non-hydrogen) atoms. The maximum Gasteiger partial charge on any atom is 0.327 e. The van der Waals surface area contributed by atoms with Gasteiger partial charge in [0.1, 0.15) is 8.61 Å². The van der Waals surface area contributed by atoms with Gasteiger partial charge in [0, 0.05) is 6.04 Å². The van der Waals surface area contributed by atoms with Crippen molar-refractivity contribution in [2.24, 2.45) is 5.92 Å². The highest BCUT2D eigenvalue weighted by atomic mass is 31.1. The van der Waals surface area contributed by atoms with Crippen molar-refractivity contribution in [2.75, 3.05) is 0 Å². The van der Waals surface area contributed by atoms with Crippen LogP contribution in [0.25, 0.3) is 0 Å². The zero-order valence-electron chi connectivity index (χ0n) is 10.5. The fourth-order valence-electron chi connectivity index (χ4n) is 2.17. The van der Waals surface area contributed by atoms with E-state index in [-0.39, 0.29) is 12.0 Å². The molecule has 0 rings (SSSR count). The smallest absolute Gasteiger partial charge is 0.327 e. The number of rotatable bonds is 6. The lowest BCUT2D eigenvalue weighted by Crippen LogP contribution is -2.63. The zero-order chi connectivity index (χ0) is 13.1. The number of carboxylic acid groups (broad SMARTS) is 1. The molecular weight excluding hydrogens is 229 g/mol. The van der Waals surface area contributed by atoms with E-state index in [2.05, 4.69) is 0 Å². The van der Waals surface area contributed by atoms with Crippen molar-refractivity contribution in [1.82, 2.24) is 4.67 Å². The van der Waals surface area contributed by atoms with Crippen molar-refractivity contribution in [1.29, 1.82) is 0 Å². The lowest BCUT2D eigenvalue weighted by atomic mass is 9.81. The molecule has 3 atom stereocenters. The SMILES string of the molecule is CC(C)N([PH2]=O)C(C(=O)O)(C(C)C)C(C)O. The van der Waals surface area contributed by atoms with Crippen LogP contribution in [0.4, 0.5) is 0 Å². The molecule has 0 saturated carbocycles. The van der Waals surface area contributed by atoms with Crippen LogP contribution in [0, 0.1) is 5.92 Å². The molecule has 0 bridgehead atoms. The van der Waals surface area contributed by atoms with E-state index in [1.165, 1.54) is 11.6 Å². The van der Waals surface area contributed by atoms with Gasteiger partial charge in [-0.15, -0.1) is 0 Å². The Morgan fingerprint density at radius 2 is 1.69 bits per heavy atom. The summed E-state index contributed by atoms with van der Waals surface area (Å²) in [4.78, 5) is 11.5. The average molecular weight is 251 g/mol. The van der Waals surface area contributed by atoms with E-state index < -0.39 is 26.2 Å². The van der Waals surface area contributed by atoms with Crippen LogP contribution in [0.15, 0.2) is 0 Å². The van der Waals surface area contributed by atoms with Crippen molar-refractivity contribution in [3.05, 3.63) is 0 Å². The van der Waals surface area contributed by atoms with Gasteiger partial charge in [-0.3, -0.25) is 4.79 Å². The Bertz CT molecular complexity index is 258. The van der Waals surface area contributed by atoms with Gasteiger partial charge in [-0.1, -0.05) is 13.8 Å². The topological polar surface area (TPSA) is 77.8 Å². The first-order chi connectivity index (χ1) is 7.22. The van der Waals surface area contributed by atoms with Crippen LogP contribution in [-0.4, -0.2) is 38.5 Å². The van der Waals surface area contributed by atoms with Crippen molar-refractivity contribution in [3.63, 3.8) is 0 Å². The normalized spacial score (nSPS) is 18.6. The van der Waals surface area contributed by atoms with E-state index in [0.29, 0.717) is 0 Å². The Balaban J connectivity index is 5.67. The Labute approximate surface area is 97.7 Å². The molecule has 0 aliphatic carbocycles. The highest BCUT2D eigenvalue weighted by Crippen LogP contribution is 2.35. The summed E-state index contributed by atoms with van der Waals surface area (Å²) in [5, 5.41) is 19.2. The number of carboxylic acids is 1. The van der Waals surface area contributed by atoms with E-state index >= 15 is 0 Å². The number of hydrogen-bond acceptors (Lipinski definition) is 3. The van der Waals surface area contributed by atoms with Crippen LogP contribution in [0.3, 0.4) is 0 Å². The van der Waals surface area contributed by atoms with Gasteiger partial charge in [0.25, 0.3) is 0 Å². The van der Waals surface area contributed by atoms with E-state index in [9.17, 15) is 19.6 Å². The Morgan fingerprint density at radius 3 is 1.75 bits per heavy atom. The molecule has 0 fully saturated rings. The molecule has 6 heteroatoms. The molecule has 0 aromatic rings. The van der Waals surface area contributed by atoms with Gasteiger partial charge >= 0.3 is 5.97 Å². The van der Waals surface area contributed by atoms with Gasteiger partial charge in [0.15, 0.2) is 5.54 Å². The predicted molar refractivity (Wildman–Crippen MR) is 64.3 cm³/mol. The Hall–Kier alpha value is -0.380. The fourth-order valence-corrected chi connectivity index (χ4v) is 3.21. The summed E-state index contributed by atoms with van der Waals surface area (Å²) in [6.45, 7) is 8.40. The summed E-state index contributed by atoms with van der Waals surface area (Å²) < 4.78 is 12.6. The monoisotopic (exact) mass is 251 g/mol. The summed E-state index contributed by atoms with van der Waals surface area (Å²) in [6, 6.07) is -0.194. The number of nitrogens with zero attached hydrogens (tertiary/aromatic N) is 1. The number of aliphatic hydroxyl groups is 1. The minimum atomic E-state index is -1.48. The van der Waals surface area contributed by atoms with Crippen molar-refractivity contribution in [3.8, 4) is 0 Å². The highest BCUT2D eigenvalue weighted by molar-refractivity contribution is 7.20. The van der Waals surface area contributed by atoms with Crippen LogP contribution >= 0.6 is 8.61 Å². The van der Waals surface area contributed by atoms with Gasteiger partial charge in [0.2, 0.25) is 0 Å². The second-order valence-electron chi connectivity index (χ2n) is 4.57. The first kappa shape index (κ1) is 15.6. The minimum absolute atomic E-state index is 0.194. The molecule has 5 nitrogen and oxygen atoms in total. The molecule has 0 heterocycles. The lowest BCUT2D eigenvalue weighted by molar-refractivity contribution is -0.160. The molecule has 96 valence electrons. The van der Waals surface area contributed by atoms with Crippen LogP contribution in [0.2, 0.25) is 0 Å². The van der Waals surface area contributed by atoms with Crippen LogP contribution in [0.1, 0.15) is 34.6 Å². The highest BCUT2D eigenvalue weighted by Gasteiger charge is 2.51. The van der Waals surface area contributed by atoms with Crippen LogP contribution in [0.5, 0.6) is 0 Å². The molecule has 2 N–H and O–H groups in total. The third-order valence-corrected chi connectivity index (χ3v) is 4.21. The molecule has 0 radical (unpaired) electrons. The first-order valence-electron chi connectivity index (χ1n) is 5.38.